The third kappa shape index (κ3) is 4.98. The summed E-state index contributed by atoms with van der Waals surface area (Å²) in [6, 6.07) is 9.44. The van der Waals surface area contributed by atoms with E-state index < -0.39 is 0 Å². The fourth-order valence-electron chi connectivity index (χ4n) is 5.23. The summed E-state index contributed by atoms with van der Waals surface area (Å²) in [6.45, 7) is 10.7. The molecule has 0 aliphatic carbocycles. The predicted molar refractivity (Wildman–Crippen MR) is 145 cm³/mol. The molecule has 1 N–H and O–H groups in total. The third-order valence-electron chi connectivity index (χ3n) is 7.17. The van der Waals surface area contributed by atoms with Crippen LogP contribution in [0.25, 0.3) is 0 Å². The maximum Gasteiger partial charge on any atom is 0.326 e. The van der Waals surface area contributed by atoms with E-state index in [9.17, 15) is 9.59 Å². The zero-order valence-corrected chi connectivity index (χ0v) is 22.0. The maximum absolute atomic E-state index is 13.2. The number of nitrogens with zero attached hydrogens (tertiary/aromatic N) is 3. The lowest BCUT2D eigenvalue weighted by Gasteiger charge is -2.33. The molecular weight excluding hydrogens is 468 g/mol. The van der Waals surface area contributed by atoms with Crippen LogP contribution in [0.4, 0.5) is 16.2 Å². The summed E-state index contributed by atoms with van der Waals surface area (Å²) in [4.78, 5) is 34.2. The number of hydrogen-bond donors (Lipinski definition) is 1. The van der Waals surface area contributed by atoms with Crippen molar-refractivity contribution >= 4 is 29.5 Å². The Morgan fingerprint density at radius 3 is 2.65 bits per heavy atom. The normalized spacial score (nSPS) is 19.1. The first kappa shape index (κ1) is 25.0. The summed E-state index contributed by atoms with van der Waals surface area (Å²) in [5, 5.41) is 3.00. The maximum atomic E-state index is 13.2. The molecule has 8 heteroatoms. The number of amides is 3. The van der Waals surface area contributed by atoms with Gasteiger partial charge in [0.1, 0.15) is 11.9 Å². The predicted octanol–water partition coefficient (Wildman–Crippen LogP) is 5.10. The van der Waals surface area contributed by atoms with E-state index >= 15 is 0 Å². The number of carbonyl (C=O) groups is 2. The highest BCUT2D eigenvalue weighted by atomic mass is 16.5. The van der Waals surface area contributed by atoms with E-state index in [4.69, 9.17) is 9.47 Å². The fraction of sp³-hybridized carbons (Fsp3) is 0.414. The van der Waals surface area contributed by atoms with Crippen LogP contribution in [-0.4, -0.2) is 55.5 Å². The standard InChI is InChI=1S/C29H34N4O4/c1-5-30-27(18(2)3)25-9-8-20-14-19(4)24(16-26(20)37-25)33-17-22-7-6-21(15-23(22)31-29(33)35)28(34)32-10-12-36-13-11-32/h5-7,14-16,25H,8-13,17H2,1-4H3,(H,31,35). The number of urea groups is 1. The van der Waals surface area contributed by atoms with Crippen molar-refractivity contribution in [2.24, 2.45) is 4.99 Å². The van der Waals surface area contributed by atoms with Gasteiger partial charge in [0.25, 0.3) is 5.91 Å². The fourth-order valence-corrected chi connectivity index (χ4v) is 5.23. The summed E-state index contributed by atoms with van der Waals surface area (Å²) in [6.07, 6.45) is 3.46. The van der Waals surface area contributed by atoms with E-state index in [-0.39, 0.29) is 18.0 Å². The van der Waals surface area contributed by atoms with Crippen molar-refractivity contribution in [2.45, 2.75) is 53.2 Å². The molecule has 0 radical (unpaired) electrons. The van der Waals surface area contributed by atoms with Crippen LogP contribution in [0, 0.1) is 6.92 Å². The topological polar surface area (TPSA) is 83.5 Å². The first-order valence-corrected chi connectivity index (χ1v) is 12.9. The van der Waals surface area contributed by atoms with Crippen LogP contribution in [-0.2, 0) is 17.7 Å². The molecule has 5 rings (SSSR count). The van der Waals surface area contributed by atoms with Gasteiger partial charge in [-0.1, -0.05) is 17.7 Å². The van der Waals surface area contributed by atoms with Gasteiger partial charge in [0.05, 0.1) is 31.1 Å². The number of aryl methyl sites for hydroxylation is 2. The van der Waals surface area contributed by atoms with Gasteiger partial charge in [-0.25, -0.2) is 4.79 Å². The van der Waals surface area contributed by atoms with Gasteiger partial charge in [-0.15, -0.1) is 0 Å². The SMILES string of the molecule is CC=NC(=C(C)C)C1CCc2cc(C)c(N3Cc4ccc(C(=O)N5CCOCC5)cc4NC3=O)cc2O1. The Morgan fingerprint density at radius 2 is 1.92 bits per heavy atom. The van der Waals surface area contributed by atoms with Crippen LogP contribution in [0.15, 0.2) is 46.6 Å². The molecule has 1 saturated heterocycles. The second kappa shape index (κ2) is 10.4. The number of aliphatic imine (C=N–C) groups is 1. The highest BCUT2D eigenvalue weighted by Gasteiger charge is 2.30. The second-order valence-electron chi connectivity index (χ2n) is 9.96. The van der Waals surface area contributed by atoms with Crippen molar-refractivity contribution in [3.63, 3.8) is 0 Å². The molecule has 37 heavy (non-hydrogen) atoms. The molecule has 0 spiro atoms. The van der Waals surface area contributed by atoms with E-state index in [1.807, 2.05) is 32.0 Å². The third-order valence-corrected chi connectivity index (χ3v) is 7.17. The van der Waals surface area contributed by atoms with Crippen LogP contribution in [0.5, 0.6) is 5.75 Å². The highest BCUT2D eigenvalue weighted by molar-refractivity contribution is 6.06. The molecule has 3 aliphatic heterocycles. The van der Waals surface area contributed by atoms with Crippen LogP contribution >= 0.6 is 0 Å². The Kier molecular flexibility index (Phi) is 7.02. The van der Waals surface area contributed by atoms with E-state index in [1.54, 1.807) is 22.1 Å². The molecule has 0 bridgehead atoms. The summed E-state index contributed by atoms with van der Waals surface area (Å²) >= 11 is 0. The van der Waals surface area contributed by atoms with Gasteiger partial charge in [-0.3, -0.25) is 14.7 Å². The monoisotopic (exact) mass is 502 g/mol. The quantitative estimate of drug-likeness (QED) is 0.590. The first-order valence-electron chi connectivity index (χ1n) is 12.9. The molecule has 2 aromatic rings. The molecule has 1 unspecified atom stereocenters. The lowest BCUT2D eigenvalue weighted by atomic mass is 9.96. The number of hydrogen-bond acceptors (Lipinski definition) is 5. The summed E-state index contributed by atoms with van der Waals surface area (Å²) in [5.41, 5.74) is 7.29. The van der Waals surface area contributed by atoms with E-state index in [2.05, 4.69) is 30.2 Å². The van der Waals surface area contributed by atoms with E-state index in [1.165, 1.54) is 0 Å². The zero-order chi connectivity index (χ0) is 26.1. The number of allylic oxidation sites excluding steroid dienone is 1. The molecule has 3 heterocycles. The molecule has 3 aliphatic rings. The Bertz CT molecular complexity index is 1290. The molecule has 0 aromatic heterocycles. The number of morpholine rings is 1. The van der Waals surface area contributed by atoms with Gasteiger partial charge in [0.15, 0.2) is 0 Å². The van der Waals surface area contributed by atoms with Crippen LogP contribution in [0.3, 0.4) is 0 Å². The minimum atomic E-state index is -0.223. The summed E-state index contributed by atoms with van der Waals surface area (Å²) < 4.78 is 11.8. The van der Waals surface area contributed by atoms with Crippen molar-refractivity contribution in [1.82, 2.24) is 4.90 Å². The number of rotatable bonds is 4. The Hall–Kier alpha value is -3.65. The van der Waals surface area contributed by atoms with Crippen molar-refractivity contribution in [3.05, 3.63) is 63.9 Å². The molecule has 1 fully saturated rings. The lowest BCUT2D eigenvalue weighted by molar-refractivity contribution is 0.0303. The zero-order valence-electron chi connectivity index (χ0n) is 22.0. The molecule has 1 atom stereocenters. The van der Waals surface area contributed by atoms with Crippen LogP contribution in [0.1, 0.15) is 54.2 Å². The number of carbonyl (C=O) groups excluding carboxylic acids is 2. The number of anilines is 2. The first-order chi connectivity index (χ1) is 17.9. The second-order valence-corrected chi connectivity index (χ2v) is 9.96. The van der Waals surface area contributed by atoms with Gasteiger partial charge < -0.3 is 19.7 Å². The Morgan fingerprint density at radius 1 is 1.14 bits per heavy atom. The molecule has 3 amide bonds. The highest BCUT2D eigenvalue weighted by Crippen LogP contribution is 2.38. The lowest BCUT2D eigenvalue weighted by Crippen LogP contribution is -2.41. The van der Waals surface area contributed by atoms with E-state index in [0.29, 0.717) is 44.1 Å². The smallest absolute Gasteiger partial charge is 0.326 e. The molecule has 2 aromatic carbocycles. The summed E-state index contributed by atoms with van der Waals surface area (Å²) in [7, 11) is 0. The van der Waals surface area contributed by atoms with Gasteiger partial charge in [-0.2, -0.15) is 0 Å². The van der Waals surface area contributed by atoms with E-state index in [0.717, 1.165) is 52.2 Å². The molecule has 194 valence electrons. The van der Waals surface area contributed by atoms with Crippen molar-refractivity contribution < 1.29 is 19.1 Å². The largest absolute Gasteiger partial charge is 0.484 e. The van der Waals surface area contributed by atoms with Crippen molar-refractivity contribution in [3.8, 4) is 5.75 Å². The minimum absolute atomic E-state index is 0.0387. The van der Waals surface area contributed by atoms with Gasteiger partial charge in [0.2, 0.25) is 0 Å². The van der Waals surface area contributed by atoms with Crippen molar-refractivity contribution in [2.75, 3.05) is 36.5 Å². The van der Waals surface area contributed by atoms with Crippen LogP contribution in [0.2, 0.25) is 0 Å². The minimum Gasteiger partial charge on any atom is -0.484 e. The van der Waals surface area contributed by atoms with Crippen LogP contribution < -0.4 is 15.0 Å². The van der Waals surface area contributed by atoms with Gasteiger partial charge in [0, 0.05) is 36.6 Å². The average molecular weight is 503 g/mol. The number of ether oxygens (including phenoxy) is 2. The average Bonchev–Trinajstić information content (AvgIpc) is 2.90. The summed E-state index contributed by atoms with van der Waals surface area (Å²) in [5.74, 6) is 0.759. The number of fused-ring (bicyclic) bond motifs is 2. The van der Waals surface area contributed by atoms with Gasteiger partial charge in [-0.05, 0) is 69.4 Å². The molecule has 0 saturated carbocycles. The molecule has 8 nitrogen and oxygen atoms in total. The Labute approximate surface area is 218 Å². The number of nitrogens with one attached hydrogen (secondary N) is 1. The number of benzene rings is 2. The molecular formula is C29H34N4O4. The Balaban J connectivity index is 1.39. The van der Waals surface area contributed by atoms with Gasteiger partial charge >= 0.3 is 6.03 Å². The van der Waals surface area contributed by atoms with Crippen molar-refractivity contribution in [1.29, 1.82) is 0 Å².